The summed E-state index contributed by atoms with van der Waals surface area (Å²) in [5.74, 6) is -1.59. The van der Waals surface area contributed by atoms with E-state index in [9.17, 15) is 19.5 Å². The molecule has 9 nitrogen and oxygen atoms in total. The first-order valence-electron chi connectivity index (χ1n) is 17.2. The van der Waals surface area contributed by atoms with Crippen LogP contribution in [0.5, 0.6) is 5.75 Å². The summed E-state index contributed by atoms with van der Waals surface area (Å²) in [6.07, 6.45) is -1.04. The lowest BCUT2D eigenvalue weighted by molar-refractivity contribution is -0.150. The summed E-state index contributed by atoms with van der Waals surface area (Å²) in [5.41, 5.74) is 0.848. The molecule has 1 fully saturated rings. The molecule has 2 aliphatic rings. The Morgan fingerprint density at radius 3 is 2.27 bits per heavy atom. The Bertz CT molecular complexity index is 1860. The van der Waals surface area contributed by atoms with Crippen LogP contribution >= 0.6 is 0 Å². The molecule has 0 radical (unpaired) electrons. The fourth-order valence-corrected chi connectivity index (χ4v) is 7.70. The van der Waals surface area contributed by atoms with Gasteiger partial charge in [-0.2, -0.15) is 0 Å². The van der Waals surface area contributed by atoms with Crippen LogP contribution in [-0.2, 0) is 33.0 Å². The van der Waals surface area contributed by atoms with E-state index in [1.54, 1.807) is 53.3 Å². The topological polar surface area (TPSA) is 108 Å². The van der Waals surface area contributed by atoms with Gasteiger partial charge in [0, 0.05) is 41.7 Å². The summed E-state index contributed by atoms with van der Waals surface area (Å²) in [4.78, 5) is 44.5. The van der Waals surface area contributed by atoms with E-state index in [1.165, 1.54) is 13.8 Å². The fourth-order valence-electron chi connectivity index (χ4n) is 7.70. The van der Waals surface area contributed by atoms with E-state index in [4.69, 9.17) is 9.47 Å². The van der Waals surface area contributed by atoms with Crippen molar-refractivity contribution in [2.24, 2.45) is 11.8 Å². The lowest BCUT2D eigenvalue weighted by Crippen LogP contribution is -2.45. The van der Waals surface area contributed by atoms with Crippen LogP contribution in [0.4, 0.5) is 15.8 Å². The SMILES string of the molecule is COc1ccc(C(=O)Nc2ccc(CN3C(=O)[C@@]4(O[C@@H](CC(=O)N(CCO)Cc5ccccc5)[C@H](C(C)(C)F)[C@H]4C)c4ccccc43)cc2)cc1. The van der Waals surface area contributed by atoms with E-state index in [2.05, 4.69) is 5.32 Å². The molecule has 0 bridgehead atoms. The zero-order valence-electron chi connectivity index (χ0n) is 29.3. The highest BCUT2D eigenvalue weighted by atomic mass is 19.1. The molecular formula is C41H44FN3O6. The molecule has 2 aliphatic heterocycles. The van der Waals surface area contributed by atoms with Crippen LogP contribution in [0.1, 0.15) is 54.2 Å². The van der Waals surface area contributed by atoms with Gasteiger partial charge in [-0.3, -0.25) is 14.4 Å². The quantitative estimate of drug-likeness (QED) is 0.176. The number of anilines is 2. The van der Waals surface area contributed by atoms with Crippen LogP contribution in [0, 0.1) is 11.8 Å². The smallest absolute Gasteiger partial charge is 0.264 e. The minimum absolute atomic E-state index is 0.115. The van der Waals surface area contributed by atoms with Gasteiger partial charge in [0.25, 0.3) is 11.8 Å². The average Bonchev–Trinajstić information content (AvgIpc) is 3.55. The number of aliphatic hydroxyl groups is 1. The minimum atomic E-state index is -1.77. The Labute approximate surface area is 298 Å². The molecule has 4 aromatic rings. The zero-order valence-corrected chi connectivity index (χ0v) is 29.3. The first-order valence-corrected chi connectivity index (χ1v) is 17.2. The average molecular weight is 694 g/mol. The van der Waals surface area contributed by atoms with Gasteiger partial charge < -0.3 is 29.7 Å². The van der Waals surface area contributed by atoms with Crippen molar-refractivity contribution in [3.05, 3.63) is 125 Å². The first-order chi connectivity index (χ1) is 24.5. The number of fused-ring (bicyclic) bond motifs is 2. The highest BCUT2D eigenvalue weighted by Crippen LogP contribution is 2.58. The van der Waals surface area contributed by atoms with Crippen molar-refractivity contribution in [1.82, 2.24) is 4.90 Å². The van der Waals surface area contributed by atoms with E-state index < -0.39 is 29.2 Å². The van der Waals surface area contributed by atoms with Crippen LogP contribution in [-0.4, -0.2) is 59.8 Å². The number of carbonyl (C=O) groups is 3. The largest absolute Gasteiger partial charge is 0.497 e. The molecule has 0 unspecified atom stereocenters. The number of aliphatic hydroxyl groups excluding tert-OH is 1. The number of hydrogen-bond acceptors (Lipinski definition) is 6. The van der Waals surface area contributed by atoms with Crippen LogP contribution in [0.3, 0.4) is 0 Å². The van der Waals surface area contributed by atoms with E-state index in [1.807, 2.05) is 73.7 Å². The summed E-state index contributed by atoms with van der Waals surface area (Å²) in [5, 5.41) is 12.7. The van der Waals surface area contributed by atoms with Crippen molar-refractivity contribution >= 4 is 29.1 Å². The first kappa shape index (κ1) is 35.8. The van der Waals surface area contributed by atoms with Gasteiger partial charge >= 0.3 is 0 Å². The maximum absolute atomic E-state index is 16.2. The Morgan fingerprint density at radius 1 is 0.961 bits per heavy atom. The number of alkyl halides is 1. The molecule has 0 aliphatic carbocycles. The molecule has 1 saturated heterocycles. The molecule has 1 spiro atoms. The van der Waals surface area contributed by atoms with Gasteiger partial charge in [0.05, 0.1) is 38.5 Å². The number of benzene rings is 4. The van der Waals surface area contributed by atoms with Gasteiger partial charge in [-0.1, -0.05) is 67.6 Å². The van der Waals surface area contributed by atoms with Crippen LogP contribution in [0.25, 0.3) is 0 Å². The number of amides is 3. The third-order valence-corrected chi connectivity index (χ3v) is 10.1. The van der Waals surface area contributed by atoms with Gasteiger partial charge in [-0.05, 0) is 67.4 Å². The van der Waals surface area contributed by atoms with Gasteiger partial charge in [0.2, 0.25) is 5.91 Å². The summed E-state index contributed by atoms with van der Waals surface area (Å²) < 4.78 is 28.1. The Balaban J connectivity index is 1.23. The summed E-state index contributed by atoms with van der Waals surface area (Å²) in [7, 11) is 1.57. The van der Waals surface area contributed by atoms with Gasteiger partial charge in [-0.25, -0.2) is 4.39 Å². The number of ether oxygens (including phenoxy) is 2. The highest BCUT2D eigenvalue weighted by Gasteiger charge is 2.66. The summed E-state index contributed by atoms with van der Waals surface area (Å²) >= 11 is 0. The molecule has 266 valence electrons. The van der Waals surface area contributed by atoms with E-state index in [0.29, 0.717) is 28.3 Å². The number of methoxy groups -OCH3 is 1. The summed E-state index contributed by atoms with van der Waals surface area (Å²) in [6, 6.07) is 30.9. The number of para-hydroxylation sites is 1. The number of nitrogens with zero attached hydrogens (tertiary/aromatic N) is 2. The monoisotopic (exact) mass is 693 g/mol. The molecule has 4 atom stereocenters. The van der Waals surface area contributed by atoms with Crippen LogP contribution in [0.2, 0.25) is 0 Å². The minimum Gasteiger partial charge on any atom is -0.497 e. The predicted molar refractivity (Wildman–Crippen MR) is 193 cm³/mol. The van der Waals surface area contributed by atoms with E-state index in [-0.39, 0.29) is 50.4 Å². The van der Waals surface area contributed by atoms with Crippen molar-refractivity contribution < 1.29 is 33.4 Å². The molecule has 0 saturated carbocycles. The standard InChI is InChI=1S/C41H44FN3O6/c1-27-37(40(2,3)42)35(24-36(47)44(22-23-46)25-28-10-6-5-7-11-28)51-41(27)33-12-8-9-13-34(33)45(39(41)49)26-29-14-18-31(19-15-29)43-38(48)30-16-20-32(50-4)21-17-30/h5-21,27,35,37,46H,22-26H2,1-4H3,(H,43,48)/t27-,35+,37-,41+/m1/s1. The van der Waals surface area contributed by atoms with Crippen LogP contribution in [0.15, 0.2) is 103 Å². The zero-order chi connectivity index (χ0) is 36.3. The molecule has 0 aromatic heterocycles. The fraction of sp³-hybridized carbons (Fsp3) is 0.341. The van der Waals surface area contributed by atoms with Crippen molar-refractivity contribution in [2.45, 2.75) is 57.7 Å². The Kier molecular flexibility index (Phi) is 10.3. The van der Waals surface area contributed by atoms with Crippen molar-refractivity contribution in [2.75, 3.05) is 30.5 Å². The maximum Gasteiger partial charge on any atom is 0.264 e. The summed E-state index contributed by atoms with van der Waals surface area (Å²) in [6.45, 7) is 5.18. The molecule has 10 heteroatoms. The second kappa shape index (κ2) is 14.7. The van der Waals surface area contributed by atoms with Crippen molar-refractivity contribution in [3.8, 4) is 5.75 Å². The predicted octanol–water partition coefficient (Wildman–Crippen LogP) is 6.50. The number of carbonyl (C=O) groups excluding carboxylic acids is 3. The molecule has 6 rings (SSSR count). The molecule has 2 heterocycles. The number of nitrogens with one attached hydrogen (secondary N) is 1. The normalized spacial score (nSPS) is 21.1. The van der Waals surface area contributed by atoms with Gasteiger partial charge in [-0.15, -0.1) is 0 Å². The van der Waals surface area contributed by atoms with Crippen molar-refractivity contribution in [3.63, 3.8) is 0 Å². The molecule has 51 heavy (non-hydrogen) atoms. The number of hydrogen-bond donors (Lipinski definition) is 2. The van der Waals surface area contributed by atoms with E-state index >= 15 is 4.39 Å². The maximum atomic E-state index is 16.2. The van der Waals surface area contributed by atoms with Gasteiger partial charge in [0.15, 0.2) is 5.60 Å². The lowest BCUT2D eigenvalue weighted by Gasteiger charge is -2.32. The molecule has 4 aromatic carbocycles. The Hall–Kier alpha value is -5.06. The third kappa shape index (κ3) is 7.11. The highest BCUT2D eigenvalue weighted by molar-refractivity contribution is 6.07. The Morgan fingerprint density at radius 2 is 1.63 bits per heavy atom. The molecule has 3 amide bonds. The van der Waals surface area contributed by atoms with Crippen molar-refractivity contribution in [1.29, 1.82) is 0 Å². The lowest BCUT2D eigenvalue weighted by atomic mass is 9.71. The van der Waals surface area contributed by atoms with Gasteiger partial charge in [0.1, 0.15) is 11.4 Å². The molecule has 2 N–H and O–H groups in total. The number of halogens is 1. The second-order valence-electron chi connectivity index (χ2n) is 13.8. The number of rotatable bonds is 12. The third-order valence-electron chi connectivity index (χ3n) is 10.1. The van der Waals surface area contributed by atoms with Crippen LogP contribution < -0.4 is 15.0 Å². The second-order valence-corrected chi connectivity index (χ2v) is 13.8. The molecular weight excluding hydrogens is 649 g/mol. The van der Waals surface area contributed by atoms with E-state index in [0.717, 1.165) is 11.1 Å².